The highest BCUT2D eigenvalue weighted by Crippen LogP contribution is 2.31. The average molecular weight is 319 g/mol. The van der Waals surface area contributed by atoms with Crippen molar-refractivity contribution in [3.63, 3.8) is 0 Å². The molecule has 4 rings (SSSR count). The van der Waals surface area contributed by atoms with E-state index in [1.165, 1.54) is 24.8 Å². The maximum atomic E-state index is 4.81. The van der Waals surface area contributed by atoms with Crippen molar-refractivity contribution < 1.29 is 0 Å². The first kappa shape index (κ1) is 14.9. The predicted molar refractivity (Wildman–Crippen MR) is 97.8 cm³/mol. The van der Waals surface area contributed by atoms with Crippen LogP contribution in [0.3, 0.4) is 0 Å². The Hall–Kier alpha value is -2.69. The molecule has 5 heteroatoms. The first-order chi connectivity index (χ1) is 11.7. The Morgan fingerprint density at radius 3 is 2.58 bits per heavy atom. The van der Waals surface area contributed by atoms with Crippen LogP contribution in [0.4, 0.5) is 17.5 Å². The molecule has 3 aromatic rings. The van der Waals surface area contributed by atoms with Gasteiger partial charge in [0.2, 0.25) is 0 Å². The van der Waals surface area contributed by atoms with E-state index in [-0.39, 0.29) is 0 Å². The van der Waals surface area contributed by atoms with Gasteiger partial charge in [0, 0.05) is 29.5 Å². The Labute approximate surface area is 141 Å². The van der Waals surface area contributed by atoms with Crippen LogP contribution in [0, 0.1) is 13.8 Å². The first-order valence-electron chi connectivity index (χ1n) is 8.41. The number of aromatic nitrogens is 3. The number of nitrogens with one attached hydrogen (secondary N) is 2. The van der Waals surface area contributed by atoms with Gasteiger partial charge < -0.3 is 10.6 Å². The average Bonchev–Trinajstić information content (AvgIpc) is 2.51. The second-order valence-electron chi connectivity index (χ2n) is 6.47. The lowest BCUT2D eigenvalue weighted by Gasteiger charge is -2.28. The zero-order chi connectivity index (χ0) is 16.5. The van der Waals surface area contributed by atoms with Crippen molar-refractivity contribution in [2.75, 3.05) is 10.6 Å². The van der Waals surface area contributed by atoms with Crippen LogP contribution in [0.25, 0.3) is 10.8 Å². The van der Waals surface area contributed by atoms with Crippen LogP contribution in [0.15, 0.2) is 36.7 Å². The van der Waals surface area contributed by atoms with Gasteiger partial charge in [0.15, 0.2) is 0 Å². The van der Waals surface area contributed by atoms with Gasteiger partial charge in [-0.1, -0.05) is 0 Å². The van der Waals surface area contributed by atoms with Crippen LogP contribution in [0.1, 0.15) is 30.5 Å². The van der Waals surface area contributed by atoms with Gasteiger partial charge in [-0.15, -0.1) is 0 Å². The molecule has 122 valence electrons. The number of rotatable bonds is 4. The van der Waals surface area contributed by atoms with Crippen LogP contribution in [-0.2, 0) is 0 Å². The van der Waals surface area contributed by atoms with E-state index in [2.05, 4.69) is 33.6 Å². The molecule has 1 aliphatic rings. The number of fused-ring (bicyclic) bond motifs is 1. The molecule has 3 heterocycles. The molecule has 1 fully saturated rings. The highest BCUT2D eigenvalue weighted by Gasteiger charge is 2.19. The van der Waals surface area contributed by atoms with Crippen molar-refractivity contribution >= 4 is 28.2 Å². The standard InChI is InChI=1S/C19H21N5/c1-12-6-8-21-16(10-12)23-17-11-14-7-9-20-13(2)18(14)19(24-17)22-15-4-3-5-15/h6-11,15H,3-5H2,1-2H3,(H2,21,22,23,24). The van der Waals surface area contributed by atoms with E-state index in [9.17, 15) is 0 Å². The Morgan fingerprint density at radius 2 is 1.83 bits per heavy atom. The smallest absolute Gasteiger partial charge is 0.138 e. The Balaban J connectivity index is 1.75. The quantitative estimate of drug-likeness (QED) is 0.748. The molecule has 3 aromatic heterocycles. The lowest BCUT2D eigenvalue weighted by Crippen LogP contribution is -2.27. The molecule has 5 nitrogen and oxygen atoms in total. The molecule has 0 bridgehead atoms. The zero-order valence-corrected chi connectivity index (χ0v) is 14.0. The number of pyridine rings is 3. The Bertz CT molecular complexity index is 886. The second kappa shape index (κ2) is 6.07. The van der Waals surface area contributed by atoms with E-state index < -0.39 is 0 Å². The van der Waals surface area contributed by atoms with Crippen molar-refractivity contribution in [1.29, 1.82) is 0 Å². The summed E-state index contributed by atoms with van der Waals surface area (Å²) < 4.78 is 0. The van der Waals surface area contributed by atoms with Crippen LogP contribution in [0.5, 0.6) is 0 Å². The highest BCUT2D eigenvalue weighted by atomic mass is 15.1. The monoisotopic (exact) mass is 319 g/mol. The molecule has 1 aliphatic carbocycles. The molecule has 0 saturated heterocycles. The third-order valence-corrected chi connectivity index (χ3v) is 4.55. The van der Waals surface area contributed by atoms with Crippen LogP contribution >= 0.6 is 0 Å². The summed E-state index contributed by atoms with van der Waals surface area (Å²) >= 11 is 0. The summed E-state index contributed by atoms with van der Waals surface area (Å²) in [6.45, 7) is 4.09. The van der Waals surface area contributed by atoms with E-state index in [4.69, 9.17) is 4.98 Å². The van der Waals surface area contributed by atoms with Gasteiger partial charge in [-0.2, -0.15) is 0 Å². The number of anilines is 3. The van der Waals surface area contributed by atoms with Gasteiger partial charge in [0.05, 0.1) is 0 Å². The molecule has 0 spiro atoms. The van der Waals surface area contributed by atoms with Crippen molar-refractivity contribution in [3.8, 4) is 0 Å². The number of hydrogen-bond donors (Lipinski definition) is 2. The fourth-order valence-electron chi connectivity index (χ4n) is 3.02. The van der Waals surface area contributed by atoms with Crippen molar-refractivity contribution in [2.45, 2.75) is 39.2 Å². The fourth-order valence-corrected chi connectivity index (χ4v) is 3.02. The second-order valence-corrected chi connectivity index (χ2v) is 6.47. The van der Waals surface area contributed by atoms with E-state index in [1.807, 2.05) is 31.3 Å². The van der Waals surface area contributed by atoms with Gasteiger partial charge in [0.25, 0.3) is 0 Å². The molecule has 0 atom stereocenters. The van der Waals surface area contributed by atoms with Crippen molar-refractivity contribution in [1.82, 2.24) is 15.0 Å². The SMILES string of the molecule is Cc1ccnc(Nc2cc3ccnc(C)c3c(NC3CCC3)n2)c1. The highest BCUT2D eigenvalue weighted by molar-refractivity contribution is 5.95. The summed E-state index contributed by atoms with van der Waals surface area (Å²) in [4.78, 5) is 13.6. The molecule has 1 saturated carbocycles. The van der Waals surface area contributed by atoms with Gasteiger partial charge >= 0.3 is 0 Å². The summed E-state index contributed by atoms with van der Waals surface area (Å²) in [5, 5.41) is 9.15. The molecule has 0 aliphatic heterocycles. The number of nitrogens with zero attached hydrogens (tertiary/aromatic N) is 3. The first-order valence-corrected chi connectivity index (χ1v) is 8.41. The summed E-state index contributed by atoms with van der Waals surface area (Å²) in [6.07, 6.45) is 7.36. The minimum Gasteiger partial charge on any atom is -0.367 e. The summed E-state index contributed by atoms with van der Waals surface area (Å²) in [7, 11) is 0. The van der Waals surface area contributed by atoms with Crippen LogP contribution < -0.4 is 10.6 Å². The van der Waals surface area contributed by atoms with E-state index >= 15 is 0 Å². The van der Waals surface area contributed by atoms with Gasteiger partial charge in [-0.3, -0.25) is 4.98 Å². The number of aryl methyl sites for hydroxylation is 2. The fraction of sp³-hybridized carbons (Fsp3) is 0.316. The van der Waals surface area contributed by atoms with Crippen molar-refractivity contribution in [3.05, 3.63) is 47.9 Å². The van der Waals surface area contributed by atoms with Gasteiger partial charge in [-0.05, 0) is 68.3 Å². The maximum absolute atomic E-state index is 4.81. The Kier molecular flexibility index (Phi) is 3.76. The van der Waals surface area contributed by atoms with E-state index in [0.717, 1.165) is 33.9 Å². The zero-order valence-electron chi connectivity index (χ0n) is 14.0. The summed E-state index contributed by atoms with van der Waals surface area (Å²) in [5.74, 6) is 2.52. The van der Waals surface area contributed by atoms with E-state index in [0.29, 0.717) is 6.04 Å². The molecule has 0 aromatic carbocycles. The molecular weight excluding hydrogens is 298 g/mol. The normalized spacial score (nSPS) is 14.4. The largest absolute Gasteiger partial charge is 0.367 e. The van der Waals surface area contributed by atoms with Gasteiger partial charge in [-0.25, -0.2) is 9.97 Å². The molecule has 24 heavy (non-hydrogen) atoms. The predicted octanol–water partition coefficient (Wildman–Crippen LogP) is 4.35. The van der Waals surface area contributed by atoms with Crippen LogP contribution in [-0.4, -0.2) is 21.0 Å². The summed E-state index contributed by atoms with van der Waals surface area (Å²) in [5.41, 5.74) is 2.17. The minimum atomic E-state index is 0.521. The topological polar surface area (TPSA) is 62.7 Å². The maximum Gasteiger partial charge on any atom is 0.138 e. The lowest BCUT2D eigenvalue weighted by molar-refractivity contribution is 0.445. The molecule has 0 radical (unpaired) electrons. The summed E-state index contributed by atoms with van der Waals surface area (Å²) in [6, 6.07) is 8.61. The lowest BCUT2D eigenvalue weighted by atomic mass is 9.93. The van der Waals surface area contributed by atoms with Gasteiger partial charge in [0.1, 0.15) is 17.5 Å². The molecular formula is C19H21N5. The third kappa shape index (κ3) is 2.89. The van der Waals surface area contributed by atoms with Crippen LogP contribution in [0.2, 0.25) is 0 Å². The third-order valence-electron chi connectivity index (χ3n) is 4.55. The minimum absolute atomic E-state index is 0.521. The number of hydrogen-bond acceptors (Lipinski definition) is 5. The molecule has 0 amide bonds. The van der Waals surface area contributed by atoms with E-state index in [1.54, 1.807) is 6.20 Å². The van der Waals surface area contributed by atoms with Crippen molar-refractivity contribution in [2.24, 2.45) is 0 Å². The molecule has 2 N–H and O–H groups in total. The Morgan fingerprint density at radius 1 is 1.00 bits per heavy atom. The molecule has 0 unspecified atom stereocenters.